The topological polar surface area (TPSA) is 92.7 Å². The molecule has 0 aliphatic rings. The van der Waals surface area contributed by atoms with Crippen molar-refractivity contribution in [1.29, 1.82) is 0 Å². The van der Waals surface area contributed by atoms with Crippen molar-refractivity contribution in [2.24, 2.45) is 0 Å². The highest BCUT2D eigenvalue weighted by Crippen LogP contribution is 2.32. The van der Waals surface area contributed by atoms with Gasteiger partial charge in [0.1, 0.15) is 11.4 Å². The van der Waals surface area contributed by atoms with Crippen LogP contribution in [0.15, 0.2) is 53.4 Å². The van der Waals surface area contributed by atoms with Crippen molar-refractivity contribution in [2.45, 2.75) is 43.6 Å². The third-order valence-corrected chi connectivity index (χ3v) is 5.45. The van der Waals surface area contributed by atoms with E-state index in [0.29, 0.717) is 0 Å². The van der Waals surface area contributed by atoms with Crippen LogP contribution in [0.4, 0.5) is 4.79 Å². The Morgan fingerprint density at radius 1 is 1.08 bits per heavy atom. The van der Waals surface area contributed by atoms with Gasteiger partial charge in [-0.25, -0.2) is 13.2 Å². The van der Waals surface area contributed by atoms with Crippen molar-refractivity contribution in [1.82, 2.24) is 5.32 Å². The number of phenols is 1. The first kappa shape index (κ1) is 19.8. The third kappa shape index (κ3) is 4.76. The van der Waals surface area contributed by atoms with Crippen molar-refractivity contribution >= 4 is 15.9 Å². The number of hydrogen-bond acceptors (Lipinski definition) is 5. The molecule has 6 nitrogen and oxygen atoms in total. The van der Waals surface area contributed by atoms with Gasteiger partial charge in [0.15, 0.2) is 5.37 Å². The smallest absolute Gasteiger partial charge is 0.408 e. The minimum Gasteiger partial charge on any atom is -0.508 e. The second-order valence-electron chi connectivity index (χ2n) is 6.94. The first-order valence-electron chi connectivity index (χ1n) is 8.09. The molecule has 7 heteroatoms. The number of benzene rings is 2. The number of sulfone groups is 1. The molecule has 2 aromatic carbocycles. The molecule has 2 N–H and O–H groups in total. The van der Waals surface area contributed by atoms with Crippen LogP contribution in [-0.4, -0.2) is 25.2 Å². The van der Waals surface area contributed by atoms with Gasteiger partial charge in [0.05, 0.1) is 4.90 Å². The van der Waals surface area contributed by atoms with Crippen LogP contribution in [0.2, 0.25) is 0 Å². The predicted molar refractivity (Wildman–Crippen MR) is 98.6 cm³/mol. The molecule has 0 radical (unpaired) electrons. The van der Waals surface area contributed by atoms with Gasteiger partial charge in [-0.05, 0) is 45.9 Å². The number of carbonyl (C=O) groups is 1. The summed E-state index contributed by atoms with van der Waals surface area (Å²) in [6.07, 6.45) is -0.888. The van der Waals surface area contributed by atoms with E-state index in [-0.39, 0.29) is 16.2 Å². The van der Waals surface area contributed by atoms with Gasteiger partial charge in [-0.1, -0.05) is 35.9 Å². The lowest BCUT2D eigenvalue weighted by Crippen LogP contribution is -2.38. The second-order valence-corrected chi connectivity index (χ2v) is 8.98. The SMILES string of the molecule is Cc1ccc(S(=O)(=O)C(NC(=O)OC(C)(C)C)c2ccccc2O)cc1. The molecule has 0 bridgehead atoms. The number of alkyl carbamates (subject to hydrolysis) is 1. The van der Waals surface area contributed by atoms with Crippen LogP contribution in [0.5, 0.6) is 5.75 Å². The lowest BCUT2D eigenvalue weighted by atomic mass is 10.2. The molecule has 2 aromatic rings. The van der Waals surface area contributed by atoms with E-state index in [2.05, 4.69) is 5.32 Å². The lowest BCUT2D eigenvalue weighted by molar-refractivity contribution is 0.0519. The molecule has 1 atom stereocenters. The Morgan fingerprint density at radius 3 is 2.19 bits per heavy atom. The van der Waals surface area contributed by atoms with E-state index in [0.717, 1.165) is 5.56 Å². The highest BCUT2D eigenvalue weighted by atomic mass is 32.2. The van der Waals surface area contributed by atoms with Crippen molar-refractivity contribution in [3.8, 4) is 5.75 Å². The number of para-hydroxylation sites is 1. The Hall–Kier alpha value is -2.54. The van der Waals surface area contributed by atoms with Crippen molar-refractivity contribution in [3.63, 3.8) is 0 Å². The summed E-state index contributed by atoms with van der Waals surface area (Å²) in [7, 11) is -4.02. The third-order valence-electron chi connectivity index (χ3n) is 3.53. The van der Waals surface area contributed by atoms with Crippen LogP contribution < -0.4 is 5.32 Å². The highest BCUT2D eigenvalue weighted by Gasteiger charge is 2.33. The van der Waals surface area contributed by atoms with Crippen LogP contribution >= 0.6 is 0 Å². The molecule has 0 aromatic heterocycles. The van der Waals surface area contributed by atoms with E-state index in [1.807, 2.05) is 6.92 Å². The van der Waals surface area contributed by atoms with Gasteiger partial charge in [-0.15, -0.1) is 0 Å². The zero-order chi connectivity index (χ0) is 19.5. The molecule has 140 valence electrons. The maximum absolute atomic E-state index is 13.1. The molecule has 0 aliphatic heterocycles. The zero-order valence-electron chi connectivity index (χ0n) is 15.2. The molecule has 0 saturated carbocycles. The van der Waals surface area contributed by atoms with E-state index in [4.69, 9.17) is 4.74 Å². The van der Waals surface area contributed by atoms with Gasteiger partial charge >= 0.3 is 6.09 Å². The van der Waals surface area contributed by atoms with Gasteiger partial charge in [0, 0.05) is 5.56 Å². The number of aromatic hydroxyl groups is 1. The number of phenolic OH excluding ortho intramolecular Hbond substituents is 1. The van der Waals surface area contributed by atoms with Crippen LogP contribution in [0.3, 0.4) is 0 Å². The number of nitrogens with one attached hydrogen (secondary N) is 1. The molecule has 0 aliphatic carbocycles. The van der Waals surface area contributed by atoms with Gasteiger partial charge < -0.3 is 15.2 Å². The molecule has 1 amide bonds. The number of rotatable bonds is 4. The average molecular weight is 377 g/mol. The summed E-state index contributed by atoms with van der Waals surface area (Å²) in [5.41, 5.74) is 0.183. The fraction of sp³-hybridized carbons (Fsp3) is 0.316. The maximum atomic E-state index is 13.1. The Balaban J connectivity index is 2.48. The van der Waals surface area contributed by atoms with Crippen molar-refractivity contribution in [2.75, 3.05) is 0 Å². The number of aryl methyl sites for hydroxylation is 1. The molecule has 1 unspecified atom stereocenters. The van der Waals surface area contributed by atoms with E-state index in [1.165, 1.54) is 24.3 Å². The van der Waals surface area contributed by atoms with Crippen LogP contribution in [0, 0.1) is 6.92 Å². The van der Waals surface area contributed by atoms with E-state index < -0.39 is 26.9 Å². The number of ether oxygens (including phenoxy) is 1. The first-order valence-corrected chi connectivity index (χ1v) is 9.63. The minimum absolute atomic E-state index is 0.0346. The fourth-order valence-electron chi connectivity index (χ4n) is 2.31. The Kier molecular flexibility index (Phi) is 5.61. The van der Waals surface area contributed by atoms with Crippen molar-refractivity contribution in [3.05, 3.63) is 59.7 Å². The molecule has 0 fully saturated rings. The monoisotopic (exact) mass is 377 g/mol. The van der Waals surface area contributed by atoms with Gasteiger partial charge in [-0.3, -0.25) is 0 Å². The Labute approximate surface area is 153 Å². The summed E-state index contributed by atoms with van der Waals surface area (Å²) >= 11 is 0. The van der Waals surface area contributed by atoms with Gasteiger partial charge in [0.2, 0.25) is 9.84 Å². The molecule has 2 rings (SSSR count). The molecule has 26 heavy (non-hydrogen) atoms. The molecular weight excluding hydrogens is 354 g/mol. The van der Waals surface area contributed by atoms with Crippen LogP contribution in [-0.2, 0) is 14.6 Å². The zero-order valence-corrected chi connectivity index (χ0v) is 16.0. The number of hydrogen-bond donors (Lipinski definition) is 2. The average Bonchev–Trinajstić information content (AvgIpc) is 2.52. The molecule has 0 spiro atoms. The fourth-order valence-corrected chi connectivity index (χ4v) is 3.88. The summed E-state index contributed by atoms with van der Waals surface area (Å²) in [4.78, 5) is 12.2. The number of amides is 1. The van der Waals surface area contributed by atoms with Crippen molar-refractivity contribution < 1.29 is 23.1 Å². The Morgan fingerprint density at radius 2 is 1.65 bits per heavy atom. The van der Waals surface area contributed by atoms with Gasteiger partial charge in [-0.2, -0.15) is 0 Å². The second kappa shape index (κ2) is 7.37. The van der Waals surface area contributed by atoms with E-state index in [9.17, 15) is 18.3 Å². The summed E-state index contributed by atoms with van der Waals surface area (Å²) < 4.78 is 31.4. The van der Waals surface area contributed by atoms with E-state index in [1.54, 1.807) is 45.0 Å². The highest BCUT2D eigenvalue weighted by molar-refractivity contribution is 7.91. The Bertz CT molecular complexity index is 883. The summed E-state index contributed by atoms with van der Waals surface area (Å²) in [6.45, 7) is 6.87. The summed E-state index contributed by atoms with van der Waals surface area (Å²) in [6, 6.07) is 12.2. The first-order chi connectivity index (χ1) is 12.0. The quantitative estimate of drug-likeness (QED) is 0.847. The molecular formula is C19H23NO5S. The predicted octanol–water partition coefficient (Wildman–Crippen LogP) is 3.70. The largest absolute Gasteiger partial charge is 0.508 e. The van der Waals surface area contributed by atoms with E-state index >= 15 is 0 Å². The standard InChI is InChI=1S/C19H23NO5S/c1-13-9-11-14(12-10-13)26(23,24)17(15-7-5-6-8-16(15)21)20-18(22)25-19(2,3)4/h5-12,17,21H,1-4H3,(H,20,22). The van der Waals surface area contributed by atoms with Gasteiger partial charge in [0.25, 0.3) is 0 Å². The van der Waals surface area contributed by atoms with Crippen LogP contribution in [0.25, 0.3) is 0 Å². The normalized spacial score (nSPS) is 13.1. The summed E-state index contributed by atoms with van der Waals surface area (Å²) in [5, 5.41) is 11.0. The lowest BCUT2D eigenvalue weighted by Gasteiger charge is -2.24. The maximum Gasteiger partial charge on any atom is 0.408 e. The minimum atomic E-state index is -4.02. The van der Waals surface area contributed by atoms with Crippen LogP contribution in [0.1, 0.15) is 37.3 Å². The molecule has 0 saturated heterocycles. The summed E-state index contributed by atoms with van der Waals surface area (Å²) in [5.74, 6) is -0.232. The number of carbonyl (C=O) groups excluding carboxylic acids is 1. The molecule has 0 heterocycles.